The van der Waals surface area contributed by atoms with Gasteiger partial charge in [0.05, 0.1) is 17.0 Å². The van der Waals surface area contributed by atoms with E-state index in [1.54, 1.807) is 24.3 Å². The van der Waals surface area contributed by atoms with Gasteiger partial charge < -0.3 is 10.3 Å². The Morgan fingerprint density at radius 3 is 2.95 bits per heavy atom. The van der Waals surface area contributed by atoms with Gasteiger partial charge in [-0.15, -0.1) is 0 Å². The van der Waals surface area contributed by atoms with Crippen LogP contribution in [-0.4, -0.2) is 21.6 Å². The predicted molar refractivity (Wildman–Crippen MR) is 75.4 cm³/mol. The molecule has 0 aliphatic carbocycles. The zero-order valence-electron chi connectivity index (χ0n) is 10.3. The number of hydrogen-bond acceptors (Lipinski definition) is 5. The lowest BCUT2D eigenvalue weighted by Gasteiger charge is -2.06. The van der Waals surface area contributed by atoms with Gasteiger partial charge in [0.15, 0.2) is 5.16 Å². The Kier molecular flexibility index (Phi) is 4.52. The molecule has 0 spiro atoms. The van der Waals surface area contributed by atoms with Crippen molar-refractivity contribution in [3.05, 3.63) is 52.4 Å². The van der Waals surface area contributed by atoms with Crippen LogP contribution in [0.25, 0.3) is 0 Å². The smallest absolute Gasteiger partial charge is 0.251 e. The zero-order chi connectivity index (χ0) is 14.4. The van der Waals surface area contributed by atoms with E-state index in [-0.39, 0.29) is 17.2 Å². The quantitative estimate of drug-likeness (QED) is 0.653. The van der Waals surface area contributed by atoms with Crippen LogP contribution in [0.4, 0.5) is 5.69 Å². The number of anilines is 1. The van der Waals surface area contributed by atoms with Crippen molar-refractivity contribution in [1.82, 2.24) is 9.97 Å². The second-order valence-electron chi connectivity index (χ2n) is 3.73. The van der Waals surface area contributed by atoms with Gasteiger partial charge in [-0.2, -0.15) is 5.26 Å². The first-order chi connectivity index (χ1) is 9.69. The lowest BCUT2D eigenvalue weighted by atomic mass is 10.2. The highest BCUT2D eigenvalue weighted by atomic mass is 32.2. The van der Waals surface area contributed by atoms with Gasteiger partial charge in [-0.25, -0.2) is 4.98 Å². The van der Waals surface area contributed by atoms with Crippen molar-refractivity contribution in [3.8, 4) is 6.07 Å². The van der Waals surface area contributed by atoms with E-state index < -0.39 is 0 Å². The second kappa shape index (κ2) is 6.54. The molecule has 1 aromatic carbocycles. The van der Waals surface area contributed by atoms with Crippen LogP contribution < -0.4 is 10.9 Å². The molecule has 7 heteroatoms. The Labute approximate surface area is 118 Å². The van der Waals surface area contributed by atoms with Gasteiger partial charge in [-0.05, 0) is 12.1 Å². The molecule has 0 unspecified atom stereocenters. The second-order valence-corrected chi connectivity index (χ2v) is 4.70. The van der Waals surface area contributed by atoms with E-state index in [1.807, 2.05) is 6.07 Å². The molecule has 0 saturated carbocycles. The van der Waals surface area contributed by atoms with E-state index in [2.05, 4.69) is 15.3 Å². The highest BCUT2D eigenvalue weighted by Gasteiger charge is 2.07. The number of hydrogen-bond donors (Lipinski definition) is 2. The van der Waals surface area contributed by atoms with Gasteiger partial charge in [-0.3, -0.25) is 9.59 Å². The van der Waals surface area contributed by atoms with Crippen molar-refractivity contribution in [1.29, 1.82) is 5.26 Å². The number of nitriles is 1. The average molecular weight is 286 g/mol. The number of para-hydroxylation sites is 1. The molecule has 1 aromatic heterocycles. The summed E-state index contributed by atoms with van der Waals surface area (Å²) in [6, 6.07) is 10.0. The summed E-state index contributed by atoms with van der Waals surface area (Å²) in [5.74, 6) is -0.184. The zero-order valence-corrected chi connectivity index (χ0v) is 11.1. The lowest BCUT2D eigenvalue weighted by Crippen LogP contribution is -2.15. The molecule has 2 N–H and O–H groups in total. The van der Waals surface area contributed by atoms with Crippen LogP contribution in [0, 0.1) is 11.3 Å². The van der Waals surface area contributed by atoms with Gasteiger partial charge in [0.2, 0.25) is 5.91 Å². The molecule has 0 fully saturated rings. The maximum Gasteiger partial charge on any atom is 0.251 e. The molecule has 0 aliphatic heterocycles. The fourth-order valence-corrected chi connectivity index (χ4v) is 2.08. The van der Waals surface area contributed by atoms with Gasteiger partial charge in [0.1, 0.15) is 6.07 Å². The molecule has 0 atom stereocenters. The summed E-state index contributed by atoms with van der Waals surface area (Å²) in [7, 11) is 0. The molecule has 0 radical (unpaired) electrons. The van der Waals surface area contributed by atoms with Crippen molar-refractivity contribution in [2.75, 3.05) is 11.1 Å². The van der Waals surface area contributed by atoms with Crippen LogP contribution >= 0.6 is 11.8 Å². The molecule has 2 rings (SSSR count). The van der Waals surface area contributed by atoms with Crippen LogP contribution in [0.3, 0.4) is 0 Å². The van der Waals surface area contributed by atoms with Gasteiger partial charge in [-0.1, -0.05) is 23.9 Å². The standard InChI is InChI=1S/C13H10N4O2S/c14-7-9-3-1-2-4-10(9)16-12(19)8-20-13-15-6-5-11(18)17-13/h1-6H,8H2,(H,16,19)(H,15,17,18). The minimum Gasteiger partial charge on any atom is -0.324 e. The number of aromatic nitrogens is 2. The molecule has 0 saturated heterocycles. The normalized spacial score (nSPS) is 9.75. The van der Waals surface area contributed by atoms with E-state index in [1.165, 1.54) is 12.3 Å². The van der Waals surface area contributed by atoms with Gasteiger partial charge in [0.25, 0.3) is 5.56 Å². The maximum atomic E-state index is 11.8. The monoisotopic (exact) mass is 286 g/mol. The van der Waals surface area contributed by atoms with Gasteiger partial charge >= 0.3 is 0 Å². The third kappa shape index (κ3) is 3.70. The van der Waals surface area contributed by atoms with E-state index in [4.69, 9.17) is 5.26 Å². The van der Waals surface area contributed by atoms with E-state index in [0.717, 1.165) is 11.8 Å². The Hall–Kier alpha value is -2.59. The number of nitrogens with one attached hydrogen (secondary N) is 2. The minimum absolute atomic E-state index is 0.0900. The predicted octanol–water partition coefficient (Wildman–Crippen LogP) is 1.37. The van der Waals surface area contributed by atoms with Crippen LogP contribution in [0.15, 0.2) is 46.5 Å². The summed E-state index contributed by atoms with van der Waals surface area (Å²) >= 11 is 1.11. The van der Waals surface area contributed by atoms with Crippen LogP contribution in [-0.2, 0) is 4.79 Å². The number of thioether (sulfide) groups is 1. The molecule has 100 valence electrons. The average Bonchev–Trinajstić information content (AvgIpc) is 2.46. The fourth-order valence-electron chi connectivity index (χ4n) is 1.44. The summed E-state index contributed by atoms with van der Waals surface area (Å²) in [6.07, 6.45) is 1.38. The van der Waals surface area contributed by atoms with Crippen molar-refractivity contribution in [3.63, 3.8) is 0 Å². The highest BCUT2D eigenvalue weighted by molar-refractivity contribution is 7.99. The molecule has 1 amide bonds. The number of amides is 1. The number of H-pyrrole nitrogens is 1. The number of carbonyl (C=O) groups is 1. The largest absolute Gasteiger partial charge is 0.324 e. The third-order valence-electron chi connectivity index (χ3n) is 2.31. The number of aromatic amines is 1. The molecule has 20 heavy (non-hydrogen) atoms. The molecular formula is C13H10N4O2S. The Morgan fingerprint density at radius 1 is 1.40 bits per heavy atom. The number of benzene rings is 1. The number of nitrogens with zero attached hydrogens (tertiary/aromatic N) is 2. The van der Waals surface area contributed by atoms with Gasteiger partial charge in [0, 0.05) is 12.3 Å². The Morgan fingerprint density at radius 2 is 2.20 bits per heavy atom. The number of rotatable bonds is 4. The first kappa shape index (κ1) is 13.8. The van der Waals surface area contributed by atoms with E-state index in [0.29, 0.717) is 16.4 Å². The van der Waals surface area contributed by atoms with E-state index >= 15 is 0 Å². The minimum atomic E-state index is -0.274. The molecule has 0 aliphatic rings. The first-order valence-electron chi connectivity index (χ1n) is 5.66. The van der Waals surface area contributed by atoms with Crippen molar-refractivity contribution in [2.45, 2.75) is 5.16 Å². The van der Waals surface area contributed by atoms with Crippen LogP contribution in [0.5, 0.6) is 0 Å². The fraction of sp³-hybridized carbons (Fsp3) is 0.0769. The van der Waals surface area contributed by atoms with E-state index in [9.17, 15) is 9.59 Å². The molecule has 6 nitrogen and oxygen atoms in total. The Bertz CT molecular complexity index is 721. The summed E-state index contributed by atoms with van der Waals surface area (Å²) in [4.78, 5) is 29.3. The van der Waals surface area contributed by atoms with Crippen LogP contribution in [0.2, 0.25) is 0 Å². The lowest BCUT2D eigenvalue weighted by molar-refractivity contribution is -0.113. The SMILES string of the molecule is N#Cc1ccccc1NC(=O)CSc1nccc(=O)[nH]1. The summed E-state index contributed by atoms with van der Waals surface area (Å²) in [5.41, 5.74) is 0.602. The highest BCUT2D eigenvalue weighted by Crippen LogP contribution is 2.15. The van der Waals surface area contributed by atoms with Crippen molar-refractivity contribution < 1.29 is 4.79 Å². The third-order valence-corrected chi connectivity index (χ3v) is 3.20. The summed E-state index contributed by atoms with van der Waals surface area (Å²) in [5, 5.41) is 11.9. The van der Waals surface area contributed by atoms with Crippen LogP contribution in [0.1, 0.15) is 5.56 Å². The Balaban J connectivity index is 1.96. The molecule has 0 bridgehead atoms. The number of carbonyl (C=O) groups excluding carboxylic acids is 1. The topological polar surface area (TPSA) is 98.6 Å². The first-order valence-corrected chi connectivity index (χ1v) is 6.64. The summed E-state index contributed by atoms with van der Waals surface area (Å²) in [6.45, 7) is 0. The van der Waals surface area contributed by atoms with Crippen molar-refractivity contribution in [2.24, 2.45) is 0 Å². The summed E-state index contributed by atoms with van der Waals surface area (Å²) < 4.78 is 0. The molecular weight excluding hydrogens is 276 g/mol. The molecule has 1 heterocycles. The van der Waals surface area contributed by atoms with Crippen molar-refractivity contribution >= 4 is 23.4 Å². The maximum absolute atomic E-state index is 11.8. The molecule has 2 aromatic rings.